The van der Waals surface area contributed by atoms with Crippen molar-refractivity contribution in [2.75, 3.05) is 7.05 Å². The molecule has 0 saturated heterocycles. The molecule has 8 heteroatoms. The highest BCUT2D eigenvalue weighted by Gasteiger charge is 2.21. The lowest BCUT2D eigenvalue weighted by Gasteiger charge is -2.26. The number of urea groups is 1. The molecule has 2 atom stereocenters. The summed E-state index contributed by atoms with van der Waals surface area (Å²) in [5, 5.41) is 7.96. The van der Waals surface area contributed by atoms with Crippen LogP contribution < -0.4 is 10.5 Å². The fourth-order valence-corrected chi connectivity index (χ4v) is 2.80. The fraction of sp³-hybridized carbons (Fsp3) is 0.312. The van der Waals surface area contributed by atoms with Crippen molar-refractivity contribution in [3.05, 3.63) is 54.0 Å². The van der Waals surface area contributed by atoms with Crippen LogP contribution in [-0.2, 0) is 10.0 Å². The maximum absolute atomic E-state index is 12.4. The Kier molecular flexibility index (Phi) is 5.30. The second-order valence-corrected chi connectivity index (χ2v) is 7.15. The normalized spacial score (nSPS) is 14.0. The van der Waals surface area contributed by atoms with Gasteiger partial charge >= 0.3 is 6.03 Å². The molecule has 1 heterocycles. The molecule has 1 aromatic heterocycles. The number of carbonyl (C=O) groups is 1. The van der Waals surface area contributed by atoms with Gasteiger partial charge in [0.1, 0.15) is 5.76 Å². The molecule has 0 aliphatic rings. The quantitative estimate of drug-likeness (QED) is 0.862. The standard InChI is InChI=1S/C16H21N3O4S/c1-11(13-6-4-7-14(10-13)24(17,21)22)18-16(20)19(3)12(2)15-8-5-9-23-15/h4-12H,1-3H3,(H,18,20)(H2,17,21,22). The fourth-order valence-electron chi connectivity index (χ4n) is 2.23. The minimum absolute atomic E-state index is 0.0124. The number of nitrogens with two attached hydrogens (primary N) is 1. The van der Waals surface area contributed by atoms with Crippen LogP contribution in [0.15, 0.2) is 52.0 Å². The lowest BCUT2D eigenvalue weighted by Crippen LogP contribution is -2.39. The molecule has 0 fully saturated rings. The molecule has 2 unspecified atom stereocenters. The molecular formula is C16H21N3O4S. The van der Waals surface area contributed by atoms with Crippen molar-refractivity contribution >= 4 is 16.1 Å². The number of sulfonamides is 1. The summed E-state index contributed by atoms with van der Waals surface area (Å²) in [5.41, 5.74) is 0.647. The lowest BCUT2D eigenvalue weighted by atomic mass is 10.1. The molecule has 2 aromatic rings. The molecule has 0 aliphatic heterocycles. The average molecular weight is 351 g/mol. The highest BCUT2D eigenvalue weighted by Crippen LogP contribution is 2.21. The van der Waals surface area contributed by atoms with E-state index in [1.165, 1.54) is 17.0 Å². The topological polar surface area (TPSA) is 106 Å². The van der Waals surface area contributed by atoms with E-state index in [-0.39, 0.29) is 23.0 Å². The van der Waals surface area contributed by atoms with Gasteiger partial charge in [0.2, 0.25) is 10.0 Å². The molecule has 0 spiro atoms. The Morgan fingerprint density at radius 1 is 1.25 bits per heavy atom. The number of carbonyl (C=O) groups excluding carboxylic acids is 1. The molecule has 0 bridgehead atoms. The first-order valence-electron chi connectivity index (χ1n) is 7.39. The van der Waals surface area contributed by atoms with Crippen molar-refractivity contribution in [1.82, 2.24) is 10.2 Å². The highest BCUT2D eigenvalue weighted by atomic mass is 32.2. The number of primary sulfonamides is 1. The molecule has 0 aliphatic carbocycles. The summed E-state index contributed by atoms with van der Waals surface area (Å²) in [6.45, 7) is 3.62. The maximum Gasteiger partial charge on any atom is 0.318 e. The number of nitrogens with zero attached hydrogens (tertiary/aromatic N) is 1. The van der Waals surface area contributed by atoms with Gasteiger partial charge in [0.15, 0.2) is 0 Å². The van der Waals surface area contributed by atoms with E-state index in [2.05, 4.69) is 5.32 Å². The third kappa shape index (κ3) is 4.15. The summed E-state index contributed by atoms with van der Waals surface area (Å²) in [5.74, 6) is 0.677. The molecule has 24 heavy (non-hydrogen) atoms. The second kappa shape index (κ2) is 7.06. The number of hydrogen-bond acceptors (Lipinski definition) is 4. The number of rotatable bonds is 5. The van der Waals surface area contributed by atoms with Crippen molar-refractivity contribution < 1.29 is 17.6 Å². The third-order valence-electron chi connectivity index (χ3n) is 3.88. The van der Waals surface area contributed by atoms with Gasteiger partial charge in [0, 0.05) is 7.05 Å². The van der Waals surface area contributed by atoms with Gasteiger partial charge in [-0.15, -0.1) is 0 Å². The van der Waals surface area contributed by atoms with Crippen molar-refractivity contribution in [3.8, 4) is 0 Å². The average Bonchev–Trinajstić information content (AvgIpc) is 3.07. The molecular weight excluding hydrogens is 330 g/mol. The minimum Gasteiger partial charge on any atom is -0.467 e. The van der Waals surface area contributed by atoms with Crippen LogP contribution in [0, 0.1) is 0 Å². The Hall–Kier alpha value is -2.32. The number of nitrogens with one attached hydrogen (secondary N) is 1. The zero-order valence-electron chi connectivity index (χ0n) is 13.8. The second-order valence-electron chi connectivity index (χ2n) is 5.59. The Morgan fingerprint density at radius 2 is 1.96 bits per heavy atom. The van der Waals surface area contributed by atoms with Crippen LogP contribution in [0.5, 0.6) is 0 Å². The van der Waals surface area contributed by atoms with Crippen molar-refractivity contribution in [3.63, 3.8) is 0 Å². The predicted molar refractivity (Wildman–Crippen MR) is 89.6 cm³/mol. The van der Waals surface area contributed by atoms with Crippen LogP contribution >= 0.6 is 0 Å². The Bertz CT molecular complexity index is 802. The summed E-state index contributed by atoms with van der Waals surface area (Å²) in [4.78, 5) is 13.9. The first-order chi connectivity index (χ1) is 11.2. The van der Waals surface area contributed by atoms with E-state index in [9.17, 15) is 13.2 Å². The smallest absolute Gasteiger partial charge is 0.318 e. The van der Waals surface area contributed by atoms with Crippen LogP contribution in [0.4, 0.5) is 4.79 Å². The summed E-state index contributed by atoms with van der Waals surface area (Å²) >= 11 is 0. The first-order valence-corrected chi connectivity index (χ1v) is 8.94. The zero-order valence-corrected chi connectivity index (χ0v) is 14.6. The molecule has 3 N–H and O–H groups in total. The largest absolute Gasteiger partial charge is 0.467 e. The summed E-state index contributed by atoms with van der Waals surface area (Å²) < 4.78 is 28.2. The Morgan fingerprint density at radius 3 is 2.54 bits per heavy atom. The molecule has 1 aromatic carbocycles. The summed E-state index contributed by atoms with van der Waals surface area (Å²) in [7, 11) is -2.12. The van der Waals surface area contributed by atoms with Crippen LogP contribution in [0.3, 0.4) is 0 Å². The van der Waals surface area contributed by atoms with E-state index < -0.39 is 10.0 Å². The van der Waals surface area contributed by atoms with Gasteiger partial charge in [-0.1, -0.05) is 12.1 Å². The minimum atomic E-state index is -3.78. The molecule has 130 valence electrons. The van der Waals surface area contributed by atoms with Gasteiger partial charge in [-0.3, -0.25) is 0 Å². The van der Waals surface area contributed by atoms with Crippen molar-refractivity contribution in [1.29, 1.82) is 0 Å². The number of amides is 2. The Balaban J connectivity index is 2.09. The van der Waals surface area contributed by atoms with E-state index in [0.29, 0.717) is 11.3 Å². The highest BCUT2D eigenvalue weighted by molar-refractivity contribution is 7.89. The van der Waals surface area contributed by atoms with Crippen LogP contribution in [-0.4, -0.2) is 26.4 Å². The molecule has 0 radical (unpaired) electrons. The van der Waals surface area contributed by atoms with Crippen molar-refractivity contribution in [2.45, 2.75) is 30.8 Å². The first kappa shape index (κ1) is 18.0. The lowest BCUT2D eigenvalue weighted by molar-refractivity contribution is 0.184. The van der Waals surface area contributed by atoms with Gasteiger partial charge in [0.25, 0.3) is 0 Å². The maximum atomic E-state index is 12.4. The van der Waals surface area contributed by atoms with Crippen molar-refractivity contribution in [2.24, 2.45) is 5.14 Å². The SMILES string of the molecule is CC(NC(=O)N(C)C(C)c1ccco1)c1cccc(S(N)(=O)=O)c1. The van der Waals surface area contributed by atoms with Gasteiger partial charge < -0.3 is 14.6 Å². The van der Waals surface area contributed by atoms with E-state index in [4.69, 9.17) is 9.56 Å². The van der Waals surface area contributed by atoms with Gasteiger partial charge in [-0.2, -0.15) is 0 Å². The van der Waals surface area contributed by atoms with Gasteiger partial charge in [0.05, 0.1) is 23.2 Å². The third-order valence-corrected chi connectivity index (χ3v) is 4.79. The Labute approximate surface area is 141 Å². The molecule has 2 rings (SSSR count). The van der Waals surface area contributed by atoms with E-state index in [1.807, 2.05) is 6.92 Å². The van der Waals surface area contributed by atoms with E-state index >= 15 is 0 Å². The van der Waals surface area contributed by atoms with Crippen LogP contribution in [0.25, 0.3) is 0 Å². The van der Waals surface area contributed by atoms with Crippen LogP contribution in [0.2, 0.25) is 0 Å². The van der Waals surface area contributed by atoms with Gasteiger partial charge in [-0.05, 0) is 43.7 Å². The number of furan rings is 1. The van der Waals surface area contributed by atoms with Crippen LogP contribution in [0.1, 0.15) is 37.3 Å². The number of hydrogen-bond donors (Lipinski definition) is 2. The zero-order chi connectivity index (χ0) is 17.9. The number of benzene rings is 1. The molecule has 7 nitrogen and oxygen atoms in total. The molecule has 2 amide bonds. The summed E-state index contributed by atoms with van der Waals surface area (Å²) in [6, 6.07) is 8.84. The molecule has 0 saturated carbocycles. The predicted octanol–water partition coefficient (Wildman–Crippen LogP) is 2.39. The monoisotopic (exact) mass is 351 g/mol. The van der Waals surface area contributed by atoms with E-state index in [1.54, 1.807) is 44.5 Å². The van der Waals surface area contributed by atoms with Gasteiger partial charge in [-0.25, -0.2) is 18.4 Å². The summed E-state index contributed by atoms with van der Waals surface area (Å²) in [6.07, 6.45) is 1.55. The van der Waals surface area contributed by atoms with E-state index in [0.717, 1.165) is 0 Å².